The Morgan fingerprint density at radius 2 is 2.08 bits per heavy atom. The van der Waals surface area contributed by atoms with Crippen LogP contribution in [0.15, 0.2) is 22.5 Å². The molecule has 0 saturated carbocycles. The zero-order valence-electron chi connectivity index (χ0n) is 14.9. The zero-order chi connectivity index (χ0) is 17.4. The molecule has 0 unspecified atom stereocenters. The van der Waals surface area contributed by atoms with Crippen LogP contribution >= 0.6 is 35.3 Å². The molecule has 1 aliphatic rings. The first-order chi connectivity index (χ1) is 11.5. The van der Waals surface area contributed by atoms with E-state index in [2.05, 4.69) is 21.7 Å². The number of aliphatic imine (C=N–C) groups is 1. The molecule has 1 saturated heterocycles. The van der Waals surface area contributed by atoms with Crippen LogP contribution in [0, 0.1) is 0 Å². The average Bonchev–Trinajstić information content (AvgIpc) is 3.21. The van der Waals surface area contributed by atoms with Crippen LogP contribution in [-0.2, 0) is 20.8 Å². The number of hydrogen-bond donors (Lipinski definition) is 2. The fourth-order valence-electron chi connectivity index (χ4n) is 2.16. The first-order valence-electron chi connectivity index (χ1n) is 8.01. The molecule has 2 rings (SSSR count). The molecule has 1 fully saturated rings. The number of ether oxygens (including phenoxy) is 2. The fourth-order valence-corrected chi connectivity index (χ4v) is 2.80. The molecule has 1 amide bonds. The third kappa shape index (κ3) is 7.89. The molecule has 7 nitrogen and oxygen atoms in total. The van der Waals surface area contributed by atoms with Crippen molar-refractivity contribution in [1.29, 1.82) is 0 Å². The van der Waals surface area contributed by atoms with Gasteiger partial charge in [-0.3, -0.25) is 4.79 Å². The highest BCUT2D eigenvalue weighted by molar-refractivity contribution is 14.0. The molecule has 0 aliphatic carbocycles. The number of rotatable bonds is 7. The quantitative estimate of drug-likeness (QED) is 0.351. The molecule has 1 aromatic heterocycles. The Labute approximate surface area is 170 Å². The van der Waals surface area contributed by atoms with Gasteiger partial charge in [0, 0.05) is 31.9 Å². The Bertz CT molecular complexity index is 546. The molecule has 2 N–H and O–H groups in total. The summed E-state index contributed by atoms with van der Waals surface area (Å²) < 4.78 is 11.2. The van der Waals surface area contributed by atoms with E-state index < -0.39 is 5.79 Å². The topological polar surface area (TPSA) is 75.2 Å². The molecule has 2 heterocycles. The molecule has 9 heteroatoms. The lowest BCUT2D eigenvalue weighted by Crippen LogP contribution is -2.41. The average molecular weight is 482 g/mol. The van der Waals surface area contributed by atoms with E-state index in [1.54, 1.807) is 25.4 Å². The normalized spacial score (nSPS) is 16.2. The van der Waals surface area contributed by atoms with E-state index >= 15 is 0 Å². The maximum Gasteiger partial charge on any atom is 0.243 e. The summed E-state index contributed by atoms with van der Waals surface area (Å²) in [4.78, 5) is 18.8. The van der Waals surface area contributed by atoms with Crippen molar-refractivity contribution >= 4 is 47.2 Å². The number of amides is 1. The van der Waals surface area contributed by atoms with Crippen molar-refractivity contribution in [3.05, 3.63) is 22.4 Å². The van der Waals surface area contributed by atoms with Crippen molar-refractivity contribution in [3.8, 4) is 0 Å². The van der Waals surface area contributed by atoms with Gasteiger partial charge in [-0.2, -0.15) is 0 Å². The summed E-state index contributed by atoms with van der Waals surface area (Å²) in [5.74, 6) is 0.0348. The van der Waals surface area contributed by atoms with Crippen LogP contribution < -0.4 is 10.6 Å². The molecular formula is C16H27IN4O3S. The van der Waals surface area contributed by atoms with Crippen LogP contribution in [0.3, 0.4) is 0 Å². The lowest BCUT2D eigenvalue weighted by atomic mass is 10.2. The van der Waals surface area contributed by atoms with Crippen LogP contribution in [0.25, 0.3) is 0 Å². The Morgan fingerprint density at radius 1 is 1.36 bits per heavy atom. The van der Waals surface area contributed by atoms with E-state index in [4.69, 9.17) is 9.47 Å². The van der Waals surface area contributed by atoms with Crippen molar-refractivity contribution in [3.63, 3.8) is 0 Å². The number of halogens is 1. The van der Waals surface area contributed by atoms with Crippen molar-refractivity contribution in [2.24, 2.45) is 4.99 Å². The fraction of sp³-hybridized carbons (Fsp3) is 0.625. The lowest BCUT2D eigenvalue weighted by molar-refractivity contribution is -0.145. The van der Waals surface area contributed by atoms with E-state index in [0.717, 1.165) is 0 Å². The molecule has 1 aliphatic heterocycles. The zero-order valence-corrected chi connectivity index (χ0v) is 18.1. The molecule has 0 aromatic carbocycles. The second-order valence-electron chi connectivity index (χ2n) is 5.89. The van der Waals surface area contributed by atoms with Crippen LogP contribution in [0.1, 0.15) is 18.2 Å². The van der Waals surface area contributed by atoms with Gasteiger partial charge in [0.1, 0.15) is 6.54 Å². The maximum atomic E-state index is 11.7. The minimum Gasteiger partial charge on any atom is -0.356 e. The second kappa shape index (κ2) is 10.9. The molecule has 1 aromatic rings. The second-order valence-corrected chi connectivity index (χ2v) is 6.93. The number of guanidine groups is 1. The van der Waals surface area contributed by atoms with Crippen LogP contribution in [0.2, 0.25) is 0 Å². The van der Waals surface area contributed by atoms with Crippen molar-refractivity contribution in [2.45, 2.75) is 25.7 Å². The predicted molar refractivity (Wildman–Crippen MR) is 110 cm³/mol. The van der Waals surface area contributed by atoms with Crippen molar-refractivity contribution in [2.75, 3.05) is 40.4 Å². The van der Waals surface area contributed by atoms with Gasteiger partial charge in [-0.05, 0) is 18.4 Å². The van der Waals surface area contributed by atoms with E-state index in [1.165, 1.54) is 9.78 Å². The first kappa shape index (κ1) is 22.1. The smallest absolute Gasteiger partial charge is 0.243 e. The maximum absolute atomic E-state index is 11.7. The van der Waals surface area contributed by atoms with Gasteiger partial charge in [0.25, 0.3) is 0 Å². The first-order valence-corrected chi connectivity index (χ1v) is 8.89. The predicted octanol–water partition coefficient (Wildman–Crippen LogP) is 1.64. The van der Waals surface area contributed by atoms with Crippen LogP contribution in [-0.4, -0.2) is 63.0 Å². The molecule has 0 atom stereocenters. The van der Waals surface area contributed by atoms with Crippen molar-refractivity contribution < 1.29 is 14.3 Å². The molecule has 0 spiro atoms. The highest BCUT2D eigenvalue weighted by Crippen LogP contribution is 2.21. The van der Waals surface area contributed by atoms with Crippen LogP contribution in [0.5, 0.6) is 0 Å². The molecular weight excluding hydrogens is 455 g/mol. The summed E-state index contributed by atoms with van der Waals surface area (Å²) in [7, 11) is 3.44. The highest BCUT2D eigenvalue weighted by atomic mass is 127. The molecule has 142 valence electrons. The molecule has 0 radical (unpaired) electrons. The number of carbonyl (C=O) groups is 1. The summed E-state index contributed by atoms with van der Waals surface area (Å²) in [6, 6.07) is 4.07. The van der Waals surface area contributed by atoms with Gasteiger partial charge in [0.2, 0.25) is 5.91 Å². The van der Waals surface area contributed by atoms with Gasteiger partial charge < -0.3 is 25.0 Å². The number of likely N-dealkylation sites (N-methyl/N-ethyl adjacent to an activating group) is 1. The summed E-state index contributed by atoms with van der Waals surface area (Å²) in [5.41, 5.74) is 0. The molecule has 0 bridgehead atoms. The summed E-state index contributed by atoms with van der Waals surface area (Å²) in [5, 5.41) is 8.53. The van der Waals surface area contributed by atoms with E-state index in [9.17, 15) is 4.79 Å². The highest BCUT2D eigenvalue weighted by Gasteiger charge is 2.30. The minimum absolute atomic E-state index is 0. The van der Waals surface area contributed by atoms with Gasteiger partial charge in [0.15, 0.2) is 11.7 Å². The van der Waals surface area contributed by atoms with Gasteiger partial charge in [-0.15, -0.1) is 35.3 Å². The Kier molecular flexibility index (Phi) is 9.69. The SMILES string of the molecule is CN(C)C(=O)CN=C(NCCC1(C)OCCO1)NCc1cccs1.I. The Balaban J connectivity index is 0.00000312. The minimum atomic E-state index is -0.536. The van der Waals surface area contributed by atoms with Crippen LogP contribution in [0.4, 0.5) is 0 Å². The van der Waals surface area contributed by atoms with E-state index in [0.29, 0.717) is 38.7 Å². The number of hydrogen-bond acceptors (Lipinski definition) is 5. The standard InChI is InChI=1S/C16H26N4O3S.HI/c1-16(22-8-9-23-16)6-7-17-15(19-12-14(21)20(2)3)18-11-13-5-4-10-24-13;/h4-5,10H,6-9,11-12H2,1-3H3,(H2,17,18,19);1H. The van der Waals surface area contributed by atoms with Gasteiger partial charge >= 0.3 is 0 Å². The number of thiophene rings is 1. The monoisotopic (exact) mass is 482 g/mol. The number of nitrogens with one attached hydrogen (secondary N) is 2. The summed E-state index contributed by atoms with van der Waals surface area (Å²) in [6.07, 6.45) is 0.703. The van der Waals surface area contributed by atoms with Gasteiger partial charge in [0.05, 0.1) is 19.8 Å². The van der Waals surface area contributed by atoms with E-state index in [-0.39, 0.29) is 36.4 Å². The largest absolute Gasteiger partial charge is 0.356 e. The molecule has 25 heavy (non-hydrogen) atoms. The third-order valence-electron chi connectivity index (χ3n) is 3.65. The van der Waals surface area contributed by atoms with E-state index in [1.807, 2.05) is 18.4 Å². The summed E-state index contributed by atoms with van der Waals surface area (Å²) >= 11 is 1.68. The van der Waals surface area contributed by atoms with Gasteiger partial charge in [-0.25, -0.2) is 4.99 Å². The Hall–Kier alpha value is -0.910. The number of carbonyl (C=O) groups excluding carboxylic acids is 1. The Morgan fingerprint density at radius 3 is 2.68 bits per heavy atom. The summed E-state index contributed by atoms with van der Waals surface area (Å²) in [6.45, 7) is 4.62. The number of nitrogens with zero attached hydrogens (tertiary/aromatic N) is 2. The van der Waals surface area contributed by atoms with Gasteiger partial charge in [-0.1, -0.05) is 6.07 Å². The lowest BCUT2D eigenvalue weighted by Gasteiger charge is -2.23. The third-order valence-corrected chi connectivity index (χ3v) is 4.53. The van der Waals surface area contributed by atoms with Crippen molar-refractivity contribution in [1.82, 2.24) is 15.5 Å².